The van der Waals surface area contributed by atoms with Crippen LogP contribution in [0.2, 0.25) is 0 Å². The number of esters is 1. The summed E-state index contributed by atoms with van der Waals surface area (Å²) in [6.45, 7) is 2.92. The van der Waals surface area contributed by atoms with Crippen LogP contribution >= 0.6 is 15.9 Å². The molecule has 1 aliphatic carbocycles. The van der Waals surface area contributed by atoms with Crippen molar-refractivity contribution in [1.29, 1.82) is 0 Å². The Morgan fingerprint density at radius 1 is 1.40 bits per heavy atom. The van der Waals surface area contributed by atoms with Crippen LogP contribution in [0.15, 0.2) is 33.8 Å². The van der Waals surface area contributed by atoms with Gasteiger partial charge in [-0.3, -0.25) is 4.79 Å². The third-order valence-electron chi connectivity index (χ3n) is 4.74. The number of aromatic nitrogens is 2. The van der Waals surface area contributed by atoms with Crippen LogP contribution < -0.4 is 4.72 Å². The molecular weight excluding hydrogens is 491 g/mol. The Bertz CT molecular complexity index is 1070. The Kier molecular flexibility index (Phi) is 6.30. The van der Waals surface area contributed by atoms with Gasteiger partial charge >= 0.3 is 12.1 Å². The predicted molar refractivity (Wildman–Crippen MR) is 104 cm³/mol. The number of hydrogen-bond donors (Lipinski definition) is 1. The average Bonchev–Trinajstić information content (AvgIpc) is 3.05. The minimum atomic E-state index is -4.70. The van der Waals surface area contributed by atoms with Gasteiger partial charge in [0, 0.05) is 22.7 Å². The van der Waals surface area contributed by atoms with Gasteiger partial charge in [0.15, 0.2) is 6.23 Å². The summed E-state index contributed by atoms with van der Waals surface area (Å²) in [4.78, 5) is 10.7. The molecule has 2 unspecified atom stereocenters. The van der Waals surface area contributed by atoms with E-state index in [2.05, 4.69) is 25.8 Å². The highest BCUT2D eigenvalue weighted by atomic mass is 79.9. The summed E-state index contributed by atoms with van der Waals surface area (Å²) in [5.74, 6) is -0.476. The normalized spacial score (nSPS) is 18.0. The summed E-state index contributed by atoms with van der Waals surface area (Å²) >= 11 is 2.80. The highest BCUT2D eigenvalue weighted by Gasteiger charge is 2.35. The molecule has 12 heteroatoms. The zero-order valence-corrected chi connectivity index (χ0v) is 18.4. The SMILES string of the molecule is CC(=O)OC(C)n1ncc2c1CCCC2NS(=O)(=O)c1ccc(Br)c(C(F)(F)F)c1. The summed E-state index contributed by atoms with van der Waals surface area (Å²) in [5, 5.41) is 4.21. The molecule has 2 aromatic rings. The number of benzene rings is 1. The van der Waals surface area contributed by atoms with Gasteiger partial charge in [0.1, 0.15) is 0 Å². The number of ether oxygens (including phenoxy) is 1. The van der Waals surface area contributed by atoms with Crippen molar-refractivity contribution < 1.29 is 31.1 Å². The number of nitrogens with zero attached hydrogens (tertiary/aromatic N) is 2. The van der Waals surface area contributed by atoms with Crippen molar-refractivity contribution in [2.24, 2.45) is 0 Å². The lowest BCUT2D eigenvalue weighted by Crippen LogP contribution is -2.31. The van der Waals surface area contributed by atoms with Gasteiger partial charge in [0.05, 0.1) is 22.7 Å². The number of fused-ring (bicyclic) bond motifs is 1. The van der Waals surface area contributed by atoms with E-state index in [1.54, 1.807) is 6.92 Å². The molecule has 0 fully saturated rings. The van der Waals surface area contributed by atoms with E-state index in [9.17, 15) is 26.4 Å². The van der Waals surface area contributed by atoms with E-state index in [-0.39, 0.29) is 4.47 Å². The van der Waals surface area contributed by atoms with E-state index < -0.39 is 44.9 Å². The van der Waals surface area contributed by atoms with Crippen LogP contribution in [0.1, 0.15) is 55.8 Å². The summed E-state index contributed by atoms with van der Waals surface area (Å²) < 4.78 is 73.9. The summed E-state index contributed by atoms with van der Waals surface area (Å²) in [6.07, 6.45) is -2.17. The highest BCUT2D eigenvalue weighted by Crippen LogP contribution is 2.37. The third kappa shape index (κ3) is 4.70. The summed E-state index contributed by atoms with van der Waals surface area (Å²) in [5.41, 5.74) is 0.254. The Hall–Kier alpha value is -1.92. The number of alkyl halides is 3. The first-order valence-corrected chi connectivity index (χ1v) is 11.3. The zero-order valence-electron chi connectivity index (χ0n) is 16.0. The smallest absolute Gasteiger partial charge is 0.417 e. The Labute approximate surface area is 179 Å². The maximum Gasteiger partial charge on any atom is 0.417 e. The lowest BCUT2D eigenvalue weighted by Gasteiger charge is -2.25. The Balaban J connectivity index is 1.90. The first-order chi connectivity index (χ1) is 13.9. The minimum absolute atomic E-state index is 0.241. The third-order valence-corrected chi connectivity index (χ3v) is 6.91. The fourth-order valence-corrected chi connectivity index (χ4v) is 5.20. The standard InChI is InChI=1S/C18H19BrF3N3O4S/c1-10(29-11(2)26)25-17-5-3-4-16(13(17)9-23-25)24-30(27,28)12-6-7-15(19)14(8-12)18(20,21)22/h6-10,16,24H,3-5H2,1-2H3. The number of sulfonamides is 1. The zero-order chi connectivity index (χ0) is 22.3. The van der Waals surface area contributed by atoms with Crippen LogP contribution in [0.5, 0.6) is 0 Å². The predicted octanol–water partition coefficient (Wildman–Crippen LogP) is 4.10. The molecule has 7 nitrogen and oxygen atoms in total. The van der Waals surface area contributed by atoms with Crippen LogP contribution in [-0.2, 0) is 32.2 Å². The molecule has 30 heavy (non-hydrogen) atoms. The molecule has 1 heterocycles. The molecule has 0 saturated carbocycles. The lowest BCUT2D eigenvalue weighted by atomic mass is 9.94. The molecule has 0 saturated heterocycles. The van der Waals surface area contributed by atoms with Crippen LogP contribution in [0, 0.1) is 0 Å². The van der Waals surface area contributed by atoms with Gasteiger partial charge in [-0.15, -0.1) is 0 Å². The van der Waals surface area contributed by atoms with E-state index >= 15 is 0 Å². The van der Waals surface area contributed by atoms with Crippen molar-refractivity contribution in [3.05, 3.63) is 45.7 Å². The first-order valence-electron chi connectivity index (χ1n) is 9.02. The Morgan fingerprint density at radius 3 is 2.73 bits per heavy atom. The molecule has 0 amide bonds. The topological polar surface area (TPSA) is 90.3 Å². The van der Waals surface area contributed by atoms with Crippen molar-refractivity contribution >= 4 is 31.9 Å². The van der Waals surface area contributed by atoms with Gasteiger partial charge in [-0.05, 0) is 44.4 Å². The van der Waals surface area contributed by atoms with E-state index in [4.69, 9.17) is 4.74 Å². The molecule has 0 aliphatic heterocycles. The molecule has 0 bridgehead atoms. The van der Waals surface area contributed by atoms with E-state index in [1.807, 2.05) is 0 Å². The molecule has 1 aromatic carbocycles. The number of carbonyl (C=O) groups is 1. The average molecular weight is 510 g/mol. The molecule has 2 atom stereocenters. The van der Waals surface area contributed by atoms with Crippen molar-refractivity contribution in [3.63, 3.8) is 0 Å². The number of hydrogen-bond acceptors (Lipinski definition) is 5. The summed E-state index contributed by atoms with van der Waals surface area (Å²) in [7, 11) is -4.23. The molecule has 164 valence electrons. The quantitative estimate of drug-likeness (QED) is 0.612. The van der Waals surface area contributed by atoms with E-state index in [0.717, 1.165) is 17.8 Å². The molecule has 1 N–H and O–H groups in total. The van der Waals surface area contributed by atoms with Crippen LogP contribution in [0.25, 0.3) is 0 Å². The molecule has 0 spiro atoms. The number of rotatable bonds is 5. The van der Waals surface area contributed by atoms with Gasteiger partial charge in [0.2, 0.25) is 10.0 Å². The second kappa shape index (κ2) is 8.31. The highest BCUT2D eigenvalue weighted by molar-refractivity contribution is 9.10. The van der Waals surface area contributed by atoms with Crippen LogP contribution in [0.4, 0.5) is 13.2 Å². The molecular formula is C18H19BrF3N3O4S. The molecule has 3 rings (SSSR count). The Morgan fingerprint density at radius 2 is 2.10 bits per heavy atom. The van der Waals surface area contributed by atoms with Crippen molar-refractivity contribution in [2.45, 2.75) is 56.5 Å². The van der Waals surface area contributed by atoms with Crippen molar-refractivity contribution in [3.8, 4) is 0 Å². The number of carbonyl (C=O) groups excluding carboxylic acids is 1. The molecule has 1 aliphatic rings. The molecule has 1 aromatic heterocycles. The van der Waals surface area contributed by atoms with Gasteiger partial charge in [-0.1, -0.05) is 15.9 Å². The summed E-state index contributed by atoms with van der Waals surface area (Å²) in [6, 6.07) is 2.11. The maximum atomic E-state index is 13.1. The lowest BCUT2D eigenvalue weighted by molar-refractivity contribution is -0.150. The maximum absolute atomic E-state index is 13.1. The second-order valence-electron chi connectivity index (χ2n) is 6.91. The van der Waals surface area contributed by atoms with Gasteiger partial charge < -0.3 is 4.74 Å². The van der Waals surface area contributed by atoms with Crippen molar-refractivity contribution in [2.75, 3.05) is 0 Å². The number of nitrogens with one attached hydrogen (secondary N) is 1. The number of halogens is 4. The minimum Gasteiger partial charge on any atom is -0.440 e. The monoisotopic (exact) mass is 509 g/mol. The van der Waals surface area contributed by atoms with Crippen molar-refractivity contribution in [1.82, 2.24) is 14.5 Å². The fourth-order valence-electron chi connectivity index (χ4n) is 3.45. The molecule has 0 radical (unpaired) electrons. The largest absolute Gasteiger partial charge is 0.440 e. The first kappa shape index (κ1) is 22.8. The van der Waals surface area contributed by atoms with E-state index in [1.165, 1.54) is 17.8 Å². The van der Waals surface area contributed by atoms with Crippen LogP contribution in [0.3, 0.4) is 0 Å². The second-order valence-corrected chi connectivity index (χ2v) is 9.47. The van der Waals surface area contributed by atoms with E-state index in [0.29, 0.717) is 30.9 Å². The van der Waals surface area contributed by atoms with Gasteiger partial charge in [-0.25, -0.2) is 17.8 Å². The fraction of sp³-hybridized carbons (Fsp3) is 0.444. The van der Waals surface area contributed by atoms with Gasteiger partial charge in [0.25, 0.3) is 0 Å². The van der Waals surface area contributed by atoms with Gasteiger partial charge in [-0.2, -0.15) is 18.3 Å². The van der Waals surface area contributed by atoms with Crippen LogP contribution in [-0.4, -0.2) is 24.2 Å².